The van der Waals surface area contributed by atoms with Gasteiger partial charge in [-0.3, -0.25) is 0 Å². The van der Waals surface area contributed by atoms with Gasteiger partial charge >= 0.3 is 0 Å². The minimum Gasteiger partial charge on any atom is -0.497 e. The van der Waals surface area contributed by atoms with Crippen LogP contribution in [-0.2, 0) is 6.42 Å². The number of hydrogen-bond donors (Lipinski definition) is 2. The minimum absolute atomic E-state index is 0.270. The first-order chi connectivity index (χ1) is 11.2. The highest BCUT2D eigenvalue weighted by Gasteiger charge is 2.05. The Kier molecular flexibility index (Phi) is 7.39. The molecule has 0 radical (unpaired) electrons. The zero-order chi connectivity index (χ0) is 16.5. The van der Waals surface area contributed by atoms with Gasteiger partial charge in [-0.05, 0) is 48.9 Å². The summed E-state index contributed by atoms with van der Waals surface area (Å²) >= 11 is 3.39. The number of nitrogens with one attached hydrogen (secondary N) is 1. The largest absolute Gasteiger partial charge is 0.497 e. The van der Waals surface area contributed by atoms with E-state index in [1.165, 1.54) is 5.56 Å². The van der Waals surface area contributed by atoms with Gasteiger partial charge in [0.1, 0.15) is 24.2 Å². The maximum Gasteiger partial charge on any atom is 0.120 e. The molecule has 2 N–H and O–H groups in total. The summed E-state index contributed by atoms with van der Waals surface area (Å²) < 4.78 is 11.6. The van der Waals surface area contributed by atoms with Crippen molar-refractivity contribution in [3.63, 3.8) is 0 Å². The van der Waals surface area contributed by atoms with E-state index >= 15 is 0 Å². The second-order valence-electron chi connectivity index (χ2n) is 5.22. The number of hydrogen-bond acceptors (Lipinski definition) is 4. The fraction of sp³-hybridized carbons (Fsp3) is 0.333. The molecule has 0 aliphatic carbocycles. The molecule has 4 nitrogen and oxygen atoms in total. The second kappa shape index (κ2) is 9.55. The third-order valence-corrected chi connectivity index (χ3v) is 3.86. The normalized spacial score (nSPS) is 12.0. The first kappa shape index (κ1) is 17.8. The highest BCUT2D eigenvalue weighted by atomic mass is 79.9. The fourth-order valence-corrected chi connectivity index (χ4v) is 2.48. The lowest BCUT2D eigenvalue weighted by molar-refractivity contribution is 0.106. The first-order valence-corrected chi connectivity index (χ1v) is 8.37. The van der Waals surface area contributed by atoms with Gasteiger partial charge < -0.3 is 19.9 Å². The van der Waals surface area contributed by atoms with Crippen molar-refractivity contribution in [1.82, 2.24) is 5.32 Å². The van der Waals surface area contributed by atoms with Crippen molar-refractivity contribution in [3.8, 4) is 11.5 Å². The molecular weight excluding hydrogens is 358 g/mol. The molecule has 2 aromatic carbocycles. The molecule has 0 spiro atoms. The molecule has 23 heavy (non-hydrogen) atoms. The third-order valence-electron chi connectivity index (χ3n) is 3.37. The summed E-state index contributed by atoms with van der Waals surface area (Å²) in [6.07, 6.45) is 0.369. The lowest BCUT2D eigenvalue weighted by Crippen LogP contribution is -2.32. The quantitative estimate of drug-likeness (QED) is 0.657. The zero-order valence-corrected chi connectivity index (χ0v) is 14.8. The Hall–Kier alpha value is -1.56. The van der Waals surface area contributed by atoms with Crippen LogP contribution in [0.2, 0.25) is 0 Å². The number of aliphatic hydroxyl groups is 1. The molecule has 5 heteroatoms. The van der Waals surface area contributed by atoms with Crippen molar-refractivity contribution < 1.29 is 14.6 Å². The third kappa shape index (κ3) is 6.60. The van der Waals surface area contributed by atoms with Gasteiger partial charge in [0.2, 0.25) is 0 Å². The number of benzene rings is 2. The predicted octanol–water partition coefficient (Wildman–Crippen LogP) is 3.03. The van der Waals surface area contributed by atoms with E-state index in [1.807, 2.05) is 48.5 Å². The van der Waals surface area contributed by atoms with Gasteiger partial charge in [0.25, 0.3) is 0 Å². The van der Waals surface area contributed by atoms with Crippen LogP contribution in [-0.4, -0.2) is 38.0 Å². The SMILES string of the molecule is COc1ccc(CCNC[C@@H](O)COc2cccc(Br)c2)cc1. The Morgan fingerprint density at radius 1 is 1.13 bits per heavy atom. The van der Waals surface area contributed by atoms with Crippen molar-refractivity contribution in [3.05, 3.63) is 58.6 Å². The minimum atomic E-state index is -0.537. The van der Waals surface area contributed by atoms with Crippen molar-refractivity contribution in [1.29, 1.82) is 0 Å². The van der Waals surface area contributed by atoms with E-state index in [9.17, 15) is 5.11 Å². The molecule has 0 bridgehead atoms. The van der Waals surface area contributed by atoms with Crippen LogP contribution in [0.5, 0.6) is 11.5 Å². The summed E-state index contributed by atoms with van der Waals surface area (Å²) in [5.41, 5.74) is 1.23. The summed E-state index contributed by atoms with van der Waals surface area (Å²) in [6, 6.07) is 15.6. The smallest absolute Gasteiger partial charge is 0.120 e. The van der Waals surface area contributed by atoms with Crippen molar-refractivity contribution >= 4 is 15.9 Å². The van der Waals surface area contributed by atoms with E-state index in [0.717, 1.165) is 28.9 Å². The van der Waals surface area contributed by atoms with Crippen LogP contribution in [0.15, 0.2) is 53.0 Å². The van der Waals surface area contributed by atoms with Crippen LogP contribution in [0.25, 0.3) is 0 Å². The molecule has 2 aromatic rings. The number of methoxy groups -OCH3 is 1. The molecule has 0 saturated heterocycles. The molecule has 0 amide bonds. The van der Waals surface area contributed by atoms with E-state index in [1.54, 1.807) is 7.11 Å². The summed E-state index contributed by atoms with van der Waals surface area (Å²) in [5.74, 6) is 1.61. The number of halogens is 1. The van der Waals surface area contributed by atoms with Crippen LogP contribution in [0.3, 0.4) is 0 Å². The molecular formula is C18H22BrNO3. The van der Waals surface area contributed by atoms with Gasteiger partial charge in [-0.2, -0.15) is 0 Å². The topological polar surface area (TPSA) is 50.7 Å². The Bertz CT molecular complexity index is 589. The maximum absolute atomic E-state index is 9.93. The van der Waals surface area contributed by atoms with E-state index in [0.29, 0.717) is 6.54 Å². The van der Waals surface area contributed by atoms with Crippen LogP contribution >= 0.6 is 15.9 Å². The predicted molar refractivity (Wildman–Crippen MR) is 95.2 cm³/mol. The van der Waals surface area contributed by atoms with Gasteiger partial charge in [0, 0.05) is 11.0 Å². The average Bonchev–Trinajstić information content (AvgIpc) is 2.57. The molecule has 0 fully saturated rings. The van der Waals surface area contributed by atoms with Crippen LogP contribution in [0.4, 0.5) is 0 Å². The highest BCUT2D eigenvalue weighted by Crippen LogP contribution is 2.17. The molecule has 0 heterocycles. The number of ether oxygens (including phenoxy) is 2. The van der Waals surface area contributed by atoms with Crippen molar-refractivity contribution in [2.75, 3.05) is 26.8 Å². The van der Waals surface area contributed by atoms with E-state index in [-0.39, 0.29) is 6.61 Å². The standard InChI is InChI=1S/C18H22BrNO3/c1-22-17-7-5-14(6-8-17)9-10-20-12-16(21)13-23-18-4-2-3-15(19)11-18/h2-8,11,16,20-21H,9-10,12-13H2,1H3/t16-/m1/s1. The molecule has 0 saturated carbocycles. The molecule has 0 unspecified atom stereocenters. The van der Waals surface area contributed by atoms with E-state index < -0.39 is 6.10 Å². The molecule has 0 aliphatic rings. The lowest BCUT2D eigenvalue weighted by atomic mass is 10.1. The van der Waals surface area contributed by atoms with E-state index in [4.69, 9.17) is 9.47 Å². The fourth-order valence-electron chi connectivity index (χ4n) is 2.10. The van der Waals surface area contributed by atoms with Gasteiger partial charge in [0.05, 0.1) is 7.11 Å². The zero-order valence-electron chi connectivity index (χ0n) is 13.2. The molecule has 1 atom stereocenters. The van der Waals surface area contributed by atoms with Crippen molar-refractivity contribution in [2.45, 2.75) is 12.5 Å². The summed E-state index contributed by atoms with van der Waals surface area (Å²) in [4.78, 5) is 0. The monoisotopic (exact) mass is 379 g/mol. The number of rotatable bonds is 9. The highest BCUT2D eigenvalue weighted by molar-refractivity contribution is 9.10. The summed E-state index contributed by atoms with van der Waals surface area (Å²) in [6.45, 7) is 1.58. The van der Waals surface area contributed by atoms with Crippen LogP contribution in [0.1, 0.15) is 5.56 Å². The Morgan fingerprint density at radius 2 is 1.91 bits per heavy atom. The van der Waals surface area contributed by atoms with Gasteiger partial charge in [-0.15, -0.1) is 0 Å². The van der Waals surface area contributed by atoms with Gasteiger partial charge in [0.15, 0.2) is 0 Å². The van der Waals surface area contributed by atoms with Crippen LogP contribution < -0.4 is 14.8 Å². The molecule has 124 valence electrons. The summed E-state index contributed by atoms with van der Waals surface area (Å²) in [7, 11) is 1.66. The van der Waals surface area contributed by atoms with Crippen molar-refractivity contribution in [2.24, 2.45) is 0 Å². The number of aliphatic hydroxyl groups excluding tert-OH is 1. The maximum atomic E-state index is 9.93. The van der Waals surface area contributed by atoms with E-state index in [2.05, 4.69) is 21.2 Å². The Morgan fingerprint density at radius 3 is 2.61 bits per heavy atom. The van der Waals surface area contributed by atoms with Crippen LogP contribution in [0, 0.1) is 0 Å². The van der Waals surface area contributed by atoms with Gasteiger partial charge in [-0.1, -0.05) is 34.1 Å². The molecule has 0 aromatic heterocycles. The Balaban J connectivity index is 1.61. The van der Waals surface area contributed by atoms with Gasteiger partial charge in [-0.25, -0.2) is 0 Å². The molecule has 2 rings (SSSR count). The lowest BCUT2D eigenvalue weighted by Gasteiger charge is -2.13. The average molecular weight is 380 g/mol. The Labute approximate surface area is 145 Å². The molecule has 0 aliphatic heterocycles. The first-order valence-electron chi connectivity index (χ1n) is 7.57. The summed E-state index contributed by atoms with van der Waals surface area (Å²) in [5, 5.41) is 13.2. The second-order valence-corrected chi connectivity index (χ2v) is 6.14.